The quantitative estimate of drug-likeness (QED) is 0.507. The molecule has 1 unspecified atom stereocenters. The highest BCUT2D eigenvalue weighted by Gasteiger charge is 2.21. The van der Waals surface area contributed by atoms with Gasteiger partial charge in [0.2, 0.25) is 6.79 Å². The van der Waals surface area contributed by atoms with Gasteiger partial charge in [-0.3, -0.25) is 4.79 Å². The van der Waals surface area contributed by atoms with Crippen LogP contribution < -0.4 is 14.8 Å². The van der Waals surface area contributed by atoms with E-state index in [1.165, 1.54) is 11.3 Å². The zero-order valence-electron chi connectivity index (χ0n) is 15.5. The van der Waals surface area contributed by atoms with E-state index in [0.29, 0.717) is 18.2 Å². The number of ether oxygens (including phenoxy) is 2. The number of hydrogen-bond donors (Lipinski definition) is 2. The van der Waals surface area contributed by atoms with Gasteiger partial charge in [-0.05, 0) is 30.7 Å². The summed E-state index contributed by atoms with van der Waals surface area (Å²) in [7, 11) is 0. The van der Waals surface area contributed by atoms with Crippen LogP contribution in [0.2, 0.25) is 0 Å². The summed E-state index contributed by atoms with van der Waals surface area (Å²) in [6, 6.07) is 13.8. The van der Waals surface area contributed by atoms with Crippen molar-refractivity contribution in [3.05, 3.63) is 53.9 Å². The lowest BCUT2D eigenvalue weighted by atomic mass is 10.1. The first-order valence-corrected chi connectivity index (χ1v) is 9.96. The van der Waals surface area contributed by atoms with Crippen LogP contribution in [0.5, 0.6) is 11.5 Å². The molecule has 0 radical (unpaired) electrons. The van der Waals surface area contributed by atoms with Crippen molar-refractivity contribution < 1.29 is 19.4 Å². The van der Waals surface area contributed by atoms with E-state index in [1.807, 2.05) is 42.5 Å². The summed E-state index contributed by atoms with van der Waals surface area (Å²) in [6.07, 6.45) is 0. The number of carboxylic acids is 1. The number of carbonyl (C=O) groups is 1. The van der Waals surface area contributed by atoms with Gasteiger partial charge in [0.15, 0.2) is 11.5 Å². The van der Waals surface area contributed by atoms with Gasteiger partial charge in [-0.25, -0.2) is 9.97 Å². The summed E-state index contributed by atoms with van der Waals surface area (Å²) in [5.41, 5.74) is 1.01. The summed E-state index contributed by atoms with van der Waals surface area (Å²) >= 11 is 1.54. The number of rotatable bonds is 5. The number of fused-ring (bicyclic) bond motifs is 4. The zero-order chi connectivity index (χ0) is 20.0. The van der Waals surface area contributed by atoms with Crippen molar-refractivity contribution in [2.45, 2.75) is 19.4 Å². The van der Waals surface area contributed by atoms with Crippen LogP contribution in [0.1, 0.15) is 24.2 Å². The molecule has 0 amide bonds. The Bertz CT molecular complexity index is 1250. The molecule has 0 saturated heterocycles. The molecule has 0 fully saturated rings. The van der Waals surface area contributed by atoms with Crippen molar-refractivity contribution >= 4 is 43.4 Å². The van der Waals surface area contributed by atoms with Crippen LogP contribution >= 0.6 is 11.3 Å². The first-order valence-electron chi connectivity index (χ1n) is 9.14. The van der Waals surface area contributed by atoms with Gasteiger partial charge in [0.25, 0.3) is 0 Å². The molecule has 1 atom stereocenters. The van der Waals surface area contributed by atoms with Gasteiger partial charge in [-0.15, -0.1) is 11.3 Å². The molecule has 3 heterocycles. The predicted octanol–water partition coefficient (Wildman–Crippen LogP) is 4.37. The molecule has 0 bridgehead atoms. The summed E-state index contributed by atoms with van der Waals surface area (Å²) in [5.74, 6) is 0.638. The van der Waals surface area contributed by atoms with E-state index in [-0.39, 0.29) is 6.79 Å². The predicted molar refractivity (Wildman–Crippen MR) is 111 cm³/mol. The summed E-state index contributed by atoms with van der Waals surface area (Å²) < 4.78 is 11.9. The molecule has 1 aliphatic rings. The zero-order valence-corrected chi connectivity index (χ0v) is 16.3. The molecule has 2 N–H and O–H groups in total. The Kier molecular flexibility index (Phi) is 4.21. The van der Waals surface area contributed by atoms with Gasteiger partial charge in [0.05, 0.1) is 5.39 Å². The lowest BCUT2D eigenvalue weighted by molar-refractivity contribution is -0.138. The van der Waals surface area contributed by atoms with E-state index in [4.69, 9.17) is 9.47 Å². The smallest absolute Gasteiger partial charge is 0.313 e. The Morgan fingerprint density at radius 2 is 2.03 bits per heavy atom. The molecular formula is C21H17N3O4S. The fraction of sp³-hybridized carbons (Fsp3) is 0.190. The van der Waals surface area contributed by atoms with Crippen LogP contribution in [-0.2, 0) is 11.3 Å². The van der Waals surface area contributed by atoms with E-state index in [2.05, 4.69) is 15.3 Å². The summed E-state index contributed by atoms with van der Waals surface area (Å²) in [6.45, 7) is 2.34. The molecule has 2 aromatic carbocycles. The summed E-state index contributed by atoms with van der Waals surface area (Å²) in [5, 5.41) is 14.7. The number of nitrogens with zero attached hydrogens (tertiary/aromatic N) is 2. The minimum atomic E-state index is -0.952. The van der Waals surface area contributed by atoms with Crippen LogP contribution in [0.25, 0.3) is 20.3 Å². The second-order valence-corrected chi connectivity index (χ2v) is 7.84. The van der Waals surface area contributed by atoms with Gasteiger partial charge < -0.3 is 19.9 Å². The maximum atomic E-state index is 11.5. The van der Waals surface area contributed by atoms with E-state index >= 15 is 0 Å². The van der Waals surface area contributed by atoms with Crippen molar-refractivity contribution in [3.63, 3.8) is 0 Å². The molecule has 4 aromatic rings. The van der Waals surface area contributed by atoms with E-state index < -0.39 is 11.9 Å². The number of aromatic nitrogens is 2. The highest BCUT2D eigenvalue weighted by atomic mass is 32.1. The monoisotopic (exact) mass is 407 g/mol. The number of carboxylic acid groups (broad SMARTS) is 1. The van der Waals surface area contributed by atoms with Crippen LogP contribution in [0.3, 0.4) is 0 Å². The number of aliphatic carboxylic acids is 1. The second-order valence-electron chi connectivity index (χ2n) is 6.81. The molecule has 29 heavy (non-hydrogen) atoms. The SMILES string of the molecule is CC(C(=O)O)c1nc(NCc2ccc3c(c2)OCO3)c2c(n1)sc1ccccc12. The Hall–Kier alpha value is -3.39. The Morgan fingerprint density at radius 1 is 1.21 bits per heavy atom. The van der Waals surface area contributed by atoms with Gasteiger partial charge in [-0.2, -0.15) is 0 Å². The molecule has 5 rings (SSSR count). The first-order chi connectivity index (χ1) is 14.1. The molecule has 1 aliphatic heterocycles. The minimum absolute atomic E-state index is 0.232. The van der Waals surface area contributed by atoms with Crippen molar-refractivity contribution in [2.75, 3.05) is 12.1 Å². The minimum Gasteiger partial charge on any atom is -0.481 e. The fourth-order valence-electron chi connectivity index (χ4n) is 3.31. The average Bonchev–Trinajstić information content (AvgIpc) is 3.34. The van der Waals surface area contributed by atoms with Crippen molar-refractivity contribution in [1.82, 2.24) is 9.97 Å². The molecule has 0 saturated carbocycles. The van der Waals surface area contributed by atoms with E-state index in [1.54, 1.807) is 6.92 Å². The van der Waals surface area contributed by atoms with Crippen LogP contribution in [0, 0.1) is 0 Å². The Labute approximate surface area is 169 Å². The average molecular weight is 407 g/mol. The molecule has 8 heteroatoms. The number of anilines is 1. The maximum Gasteiger partial charge on any atom is 0.313 e. The van der Waals surface area contributed by atoms with Gasteiger partial charge in [0, 0.05) is 16.6 Å². The molecule has 7 nitrogen and oxygen atoms in total. The van der Waals surface area contributed by atoms with Gasteiger partial charge in [0.1, 0.15) is 22.4 Å². The second kappa shape index (κ2) is 6.89. The Balaban J connectivity index is 1.57. The third kappa shape index (κ3) is 3.11. The summed E-state index contributed by atoms with van der Waals surface area (Å²) in [4.78, 5) is 21.4. The number of thiophene rings is 1. The van der Waals surface area contributed by atoms with Crippen molar-refractivity contribution in [1.29, 1.82) is 0 Å². The van der Waals surface area contributed by atoms with E-state index in [9.17, 15) is 9.90 Å². The van der Waals surface area contributed by atoms with Crippen molar-refractivity contribution in [2.24, 2.45) is 0 Å². The number of nitrogens with one attached hydrogen (secondary N) is 1. The molecule has 146 valence electrons. The van der Waals surface area contributed by atoms with Crippen LogP contribution in [0.4, 0.5) is 5.82 Å². The lowest BCUT2D eigenvalue weighted by Gasteiger charge is -2.11. The topological polar surface area (TPSA) is 93.6 Å². The highest BCUT2D eigenvalue weighted by Crippen LogP contribution is 2.38. The molecule has 0 aliphatic carbocycles. The van der Waals surface area contributed by atoms with Crippen molar-refractivity contribution in [3.8, 4) is 11.5 Å². The number of benzene rings is 2. The normalized spacial score (nSPS) is 13.7. The fourth-order valence-corrected chi connectivity index (χ4v) is 4.39. The Morgan fingerprint density at radius 3 is 2.90 bits per heavy atom. The maximum absolute atomic E-state index is 11.5. The molecule has 0 spiro atoms. The van der Waals surface area contributed by atoms with Gasteiger partial charge >= 0.3 is 5.97 Å². The highest BCUT2D eigenvalue weighted by molar-refractivity contribution is 7.25. The third-order valence-corrected chi connectivity index (χ3v) is 5.98. The largest absolute Gasteiger partial charge is 0.481 e. The van der Waals surface area contributed by atoms with E-state index in [0.717, 1.165) is 37.4 Å². The molecular weight excluding hydrogens is 390 g/mol. The first kappa shape index (κ1) is 17.7. The third-order valence-electron chi connectivity index (χ3n) is 4.91. The molecule has 2 aromatic heterocycles. The van der Waals surface area contributed by atoms with Crippen LogP contribution in [-0.4, -0.2) is 27.8 Å². The van der Waals surface area contributed by atoms with Gasteiger partial charge in [-0.1, -0.05) is 24.3 Å². The lowest BCUT2D eigenvalue weighted by Crippen LogP contribution is -2.13. The standard InChI is InChI=1S/C21H17N3O4S/c1-11(21(25)26)18-23-19(17-13-4-2-3-5-16(13)29-20(17)24-18)22-9-12-6-7-14-15(8-12)28-10-27-14/h2-8,11H,9-10H2,1H3,(H,25,26)(H,22,23,24). The number of hydrogen-bond acceptors (Lipinski definition) is 7. The van der Waals surface area contributed by atoms with Crippen LogP contribution in [0.15, 0.2) is 42.5 Å².